The van der Waals surface area contributed by atoms with Gasteiger partial charge in [0.05, 0.1) is 112 Å². The number of carbonyl (C=O) groups excluding carboxylic acids is 4. The van der Waals surface area contributed by atoms with E-state index in [1.54, 1.807) is 0 Å². The maximum Gasteiger partial charge on any atom is 0.253 e. The SMILES string of the molecule is NNC(=O)CCOCCOCCOCCOCCOCCOCCOCCOCCNC(=O)CCN1C(=O)C=CC1=O. The molecule has 1 rings (SSSR count). The number of imide groups is 1. The highest BCUT2D eigenvalue weighted by Gasteiger charge is 2.23. The molecule has 0 saturated carbocycles. The fourth-order valence-corrected chi connectivity index (χ4v) is 3.09. The topological polar surface area (TPSA) is 195 Å². The molecule has 0 aromatic heterocycles. The fraction of sp³-hybridized carbons (Fsp3) is 0.769. The molecule has 0 aliphatic carbocycles. The summed E-state index contributed by atoms with van der Waals surface area (Å²) in [6, 6.07) is 0. The first kappa shape index (κ1) is 37.5. The van der Waals surface area contributed by atoms with Crippen molar-refractivity contribution < 1.29 is 57.1 Å². The van der Waals surface area contributed by atoms with Gasteiger partial charge in [-0.25, -0.2) is 5.84 Å². The van der Waals surface area contributed by atoms with Crippen LogP contribution in [0.2, 0.25) is 0 Å². The van der Waals surface area contributed by atoms with Gasteiger partial charge in [-0.3, -0.25) is 29.5 Å². The van der Waals surface area contributed by atoms with E-state index in [0.717, 1.165) is 4.90 Å². The normalized spacial score (nSPS) is 12.8. The number of rotatable bonds is 30. The van der Waals surface area contributed by atoms with E-state index < -0.39 is 11.8 Å². The Balaban J connectivity index is 1.68. The molecule has 16 nitrogen and oxygen atoms in total. The minimum Gasteiger partial charge on any atom is -0.379 e. The first-order chi connectivity index (χ1) is 20.5. The standard InChI is InChI=1S/C26H46N4O12/c27-29-24(32)4-7-35-9-11-37-13-15-39-17-19-41-21-22-42-20-18-40-16-14-38-12-10-36-8-5-28-23(31)3-6-30-25(33)1-2-26(30)34/h1-2H,3-22,27H2,(H,28,31)(H,29,32). The second-order valence-corrected chi connectivity index (χ2v) is 8.48. The summed E-state index contributed by atoms with van der Waals surface area (Å²) in [5, 5.41) is 2.67. The van der Waals surface area contributed by atoms with Crippen molar-refractivity contribution in [2.75, 3.05) is 119 Å². The molecule has 0 aromatic rings. The van der Waals surface area contributed by atoms with Crippen molar-refractivity contribution in [3.8, 4) is 0 Å². The number of nitrogens with zero attached hydrogens (tertiary/aromatic N) is 1. The van der Waals surface area contributed by atoms with E-state index in [0.29, 0.717) is 112 Å². The molecule has 0 atom stereocenters. The van der Waals surface area contributed by atoms with E-state index >= 15 is 0 Å². The average Bonchev–Trinajstić information content (AvgIpc) is 3.31. The average molecular weight is 607 g/mol. The van der Waals surface area contributed by atoms with Crippen LogP contribution in [0.1, 0.15) is 12.8 Å². The maximum atomic E-state index is 11.8. The lowest BCUT2D eigenvalue weighted by molar-refractivity contribution is -0.137. The largest absolute Gasteiger partial charge is 0.379 e. The number of nitrogens with one attached hydrogen (secondary N) is 2. The lowest BCUT2D eigenvalue weighted by Crippen LogP contribution is -2.35. The molecule has 4 N–H and O–H groups in total. The summed E-state index contributed by atoms with van der Waals surface area (Å²) in [5.74, 6) is 3.64. The van der Waals surface area contributed by atoms with Gasteiger partial charge < -0.3 is 43.2 Å². The van der Waals surface area contributed by atoms with Crippen LogP contribution in [-0.4, -0.2) is 147 Å². The molecule has 1 aliphatic heterocycles. The Bertz CT molecular complexity index is 754. The Hall–Kier alpha value is -2.54. The number of carbonyl (C=O) groups is 4. The molecule has 0 spiro atoms. The molecule has 0 aromatic carbocycles. The Morgan fingerprint density at radius 1 is 0.548 bits per heavy atom. The van der Waals surface area contributed by atoms with Gasteiger partial charge in [-0.05, 0) is 0 Å². The number of hydrogen-bond acceptors (Lipinski definition) is 13. The van der Waals surface area contributed by atoms with Crippen LogP contribution >= 0.6 is 0 Å². The van der Waals surface area contributed by atoms with Crippen molar-refractivity contribution in [2.45, 2.75) is 12.8 Å². The van der Waals surface area contributed by atoms with Gasteiger partial charge in [0.2, 0.25) is 11.8 Å². The predicted octanol–water partition coefficient (Wildman–Crippen LogP) is -2.07. The van der Waals surface area contributed by atoms with Crippen molar-refractivity contribution in [3.05, 3.63) is 12.2 Å². The monoisotopic (exact) mass is 606 g/mol. The molecule has 1 heterocycles. The Labute approximate surface area is 246 Å². The highest BCUT2D eigenvalue weighted by molar-refractivity contribution is 6.13. The third-order valence-electron chi connectivity index (χ3n) is 5.27. The first-order valence-corrected chi connectivity index (χ1v) is 14.0. The Morgan fingerprint density at radius 3 is 1.29 bits per heavy atom. The van der Waals surface area contributed by atoms with Crippen molar-refractivity contribution >= 4 is 23.6 Å². The van der Waals surface area contributed by atoms with E-state index in [1.807, 2.05) is 5.43 Å². The van der Waals surface area contributed by atoms with Crippen LogP contribution in [0.3, 0.4) is 0 Å². The van der Waals surface area contributed by atoms with E-state index in [1.165, 1.54) is 12.2 Å². The van der Waals surface area contributed by atoms with Crippen LogP contribution in [-0.2, 0) is 57.1 Å². The van der Waals surface area contributed by atoms with Gasteiger partial charge in [-0.1, -0.05) is 0 Å². The van der Waals surface area contributed by atoms with Gasteiger partial charge in [-0.15, -0.1) is 0 Å². The molecule has 242 valence electrons. The van der Waals surface area contributed by atoms with Crippen LogP contribution in [0.5, 0.6) is 0 Å². The molecule has 0 fully saturated rings. The van der Waals surface area contributed by atoms with E-state index in [4.69, 9.17) is 43.7 Å². The van der Waals surface area contributed by atoms with Gasteiger partial charge in [-0.2, -0.15) is 0 Å². The summed E-state index contributed by atoms with van der Waals surface area (Å²) < 4.78 is 43.0. The Kier molecular flexibility index (Phi) is 24.4. The van der Waals surface area contributed by atoms with Gasteiger partial charge in [0.25, 0.3) is 11.8 Å². The molecule has 1 aliphatic rings. The van der Waals surface area contributed by atoms with Crippen molar-refractivity contribution in [1.82, 2.24) is 15.6 Å². The highest BCUT2D eigenvalue weighted by Crippen LogP contribution is 2.03. The number of nitrogens with two attached hydrogens (primary N) is 1. The molecule has 42 heavy (non-hydrogen) atoms. The lowest BCUT2D eigenvalue weighted by Gasteiger charge is -2.13. The molecule has 0 saturated heterocycles. The van der Waals surface area contributed by atoms with E-state index in [2.05, 4.69) is 5.32 Å². The highest BCUT2D eigenvalue weighted by atomic mass is 16.6. The van der Waals surface area contributed by atoms with Gasteiger partial charge in [0.1, 0.15) is 0 Å². The summed E-state index contributed by atoms with van der Waals surface area (Å²) in [4.78, 5) is 46.5. The molecular weight excluding hydrogens is 560 g/mol. The van der Waals surface area contributed by atoms with Crippen LogP contribution in [0.15, 0.2) is 12.2 Å². The molecule has 16 heteroatoms. The van der Waals surface area contributed by atoms with Crippen molar-refractivity contribution in [3.63, 3.8) is 0 Å². The summed E-state index contributed by atoms with van der Waals surface area (Å²) >= 11 is 0. The summed E-state index contributed by atoms with van der Waals surface area (Å²) in [6.07, 6.45) is 2.65. The van der Waals surface area contributed by atoms with Gasteiger partial charge >= 0.3 is 0 Å². The lowest BCUT2D eigenvalue weighted by atomic mass is 10.3. The number of hydrazine groups is 1. The van der Waals surface area contributed by atoms with Crippen molar-refractivity contribution in [2.24, 2.45) is 5.84 Å². The predicted molar refractivity (Wildman–Crippen MR) is 147 cm³/mol. The third kappa shape index (κ3) is 22.1. The zero-order chi connectivity index (χ0) is 30.5. The first-order valence-electron chi connectivity index (χ1n) is 14.0. The third-order valence-corrected chi connectivity index (χ3v) is 5.27. The van der Waals surface area contributed by atoms with Crippen molar-refractivity contribution in [1.29, 1.82) is 0 Å². The smallest absolute Gasteiger partial charge is 0.253 e. The molecule has 0 radical (unpaired) electrons. The molecule has 4 amide bonds. The van der Waals surface area contributed by atoms with Crippen LogP contribution in [0.4, 0.5) is 0 Å². The zero-order valence-corrected chi connectivity index (χ0v) is 24.2. The minimum atomic E-state index is -0.399. The van der Waals surface area contributed by atoms with Gasteiger partial charge in [0.15, 0.2) is 0 Å². The van der Waals surface area contributed by atoms with Crippen LogP contribution < -0.4 is 16.6 Å². The summed E-state index contributed by atoms with van der Waals surface area (Å²) in [6.45, 7) is 7.16. The molecule has 0 unspecified atom stereocenters. The Morgan fingerprint density at radius 2 is 0.905 bits per heavy atom. The van der Waals surface area contributed by atoms with E-state index in [9.17, 15) is 19.2 Å². The number of ether oxygens (including phenoxy) is 8. The molecular formula is C26H46N4O12. The quantitative estimate of drug-likeness (QED) is 0.0266. The number of amides is 4. The van der Waals surface area contributed by atoms with E-state index in [-0.39, 0.29) is 31.2 Å². The zero-order valence-electron chi connectivity index (χ0n) is 24.2. The van der Waals surface area contributed by atoms with Crippen LogP contribution in [0, 0.1) is 0 Å². The number of hydrogen-bond donors (Lipinski definition) is 3. The fourth-order valence-electron chi connectivity index (χ4n) is 3.09. The maximum absolute atomic E-state index is 11.8. The minimum absolute atomic E-state index is 0.0504. The molecule has 0 bridgehead atoms. The summed E-state index contributed by atoms with van der Waals surface area (Å²) in [5.41, 5.74) is 2.03. The summed E-state index contributed by atoms with van der Waals surface area (Å²) in [7, 11) is 0. The van der Waals surface area contributed by atoms with Crippen LogP contribution in [0.25, 0.3) is 0 Å². The van der Waals surface area contributed by atoms with Gasteiger partial charge in [0, 0.05) is 31.7 Å². The second-order valence-electron chi connectivity index (χ2n) is 8.48. The second kappa shape index (κ2) is 27.3.